The molecule has 1 saturated heterocycles. The average molecular weight is 310 g/mol. The van der Waals surface area contributed by atoms with Gasteiger partial charge in [0.05, 0.1) is 16.7 Å². The van der Waals surface area contributed by atoms with Crippen LogP contribution < -0.4 is 10.6 Å². The number of rotatable bonds is 6. The third kappa shape index (κ3) is 4.28. The van der Waals surface area contributed by atoms with Crippen molar-refractivity contribution in [2.24, 2.45) is 0 Å². The van der Waals surface area contributed by atoms with Crippen LogP contribution in [0.25, 0.3) is 0 Å². The summed E-state index contributed by atoms with van der Waals surface area (Å²) in [5.74, 6) is -0.158. The van der Waals surface area contributed by atoms with Crippen molar-refractivity contribution in [1.82, 2.24) is 10.6 Å². The van der Waals surface area contributed by atoms with Crippen molar-refractivity contribution in [2.75, 3.05) is 12.3 Å². The van der Waals surface area contributed by atoms with Gasteiger partial charge in [0.1, 0.15) is 0 Å². The van der Waals surface area contributed by atoms with Crippen LogP contribution in [0.4, 0.5) is 0 Å². The summed E-state index contributed by atoms with van der Waals surface area (Å²) in [5, 5.41) is 5.97. The second-order valence-corrected chi connectivity index (χ2v) is 7.39. The quantitative estimate of drug-likeness (QED) is 0.825. The largest absolute Gasteiger partial charge is 0.351 e. The van der Waals surface area contributed by atoms with Gasteiger partial charge in [-0.2, -0.15) is 0 Å². The Balaban J connectivity index is 2.00. The van der Waals surface area contributed by atoms with Crippen LogP contribution in [0.2, 0.25) is 0 Å². The zero-order chi connectivity index (χ0) is 15.3. The van der Waals surface area contributed by atoms with Crippen molar-refractivity contribution in [3.05, 3.63) is 30.3 Å². The molecule has 1 amide bonds. The highest BCUT2D eigenvalue weighted by atomic mass is 32.2. The first-order valence-corrected chi connectivity index (χ1v) is 8.99. The van der Waals surface area contributed by atoms with Crippen LogP contribution in [-0.4, -0.2) is 38.7 Å². The van der Waals surface area contributed by atoms with Gasteiger partial charge in [-0.3, -0.25) is 4.79 Å². The van der Waals surface area contributed by atoms with E-state index in [1.807, 2.05) is 6.92 Å². The Kier molecular flexibility index (Phi) is 5.36. The third-order valence-electron chi connectivity index (χ3n) is 3.74. The summed E-state index contributed by atoms with van der Waals surface area (Å²) in [6.45, 7) is 2.73. The summed E-state index contributed by atoms with van der Waals surface area (Å²) >= 11 is 0. The van der Waals surface area contributed by atoms with Crippen LogP contribution in [0.15, 0.2) is 35.2 Å². The van der Waals surface area contributed by atoms with Crippen molar-refractivity contribution in [2.45, 2.75) is 43.2 Å². The number of hydrogen-bond donors (Lipinski definition) is 2. The molecule has 1 aliphatic rings. The van der Waals surface area contributed by atoms with E-state index < -0.39 is 9.84 Å². The van der Waals surface area contributed by atoms with E-state index in [1.165, 1.54) is 0 Å². The number of amides is 1. The summed E-state index contributed by atoms with van der Waals surface area (Å²) in [4.78, 5) is 12.4. The highest BCUT2D eigenvalue weighted by molar-refractivity contribution is 7.91. The monoisotopic (exact) mass is 310 g/mol. The molecule has 2 N–H and O–H groups in total. The Morgan fingerprint density at radius 1 is 1.38 bits per heavy atom. The molecule has 1 aliphatic heterocycles. The summed E-state index contributed by atoms with van der Waals surface area (Å²) in [5.41, 5.74) is 0. The van der Waals surface area contributed by atoms with Gasteiger partial charge in [0.2, 0.25) is 5.91 Å². The third-order valence-corrected chi connectivity index (χ3v) is 5.57. The molecule has 0 aliphatic carbocycles. The van der Waals surface area contributed by atoms with Gasteiger partial charge in [0.25, 0.3) is 0 Å². The van der Waals surface area contributed by atoms with Crippen LogP contribution in [0.3, 0.4) is 0 Å². The van der Waals surface area contributed by atoms with Crippen molar-refractivity contribution in [3.8, 4) is 0 Å². The van der Waals surface area contributed by atoms with Gasteiger partial charge in [-0.1, -0.05) is 25.1 Å². The maximum atomic E-state index is 12.3. The fraction of sp³-hybridized carbons (Fsp3) is 0.533. The Morgan fingerprint density at radius 2 is 2.10 bits per heavy atom. The smallest absolute Gasteiger partial charge is 0.237 e. The van der Waals surface area contributed by atoms with Crippen molar-refractivity contribution in [1.29, 1.82) is 0 Å². The SMILES string of the molecule is CC[C@@H](CS(=O)(=O)c1ccccc1)NC(=O)[C@@H]1CCCN1. The van der Waals surface area contributed by atoms with Gasteiger partial charge in [0, 0.05) is 6.04 Å². The second-order valence-electron chi connectivity index (χ2n) is 5.36. The lowest BCUT2D eigenvalue weighted by Crippen LogP contribution is -2.47. The van der Waals surface area contributed by atoms with Gasteiger partial charge < -0.3 is 10.6 Å². The molecule has 1 aromatic carbocycles. The highest BCUT2D eigenvalue weighted by Gasteiger charge is 2.26. The predicted molar refractivity (Wildman–Crippen MR) is 81.7 cm³/mol. The van der Waals surface area contributed by atoms with Gasteiger partial charge in [-0.05, 0) is 37.9 Å². The van der Waals surface area contributed by atoms with Crippen molar-refractivity contribution < 1.29 is 13.2 Å². The first-order valence-electron chi connectivity index (χ1n) is 7.34. The Labute approximate surface area is 126 Å². The number of sulfone groups is 1. The molecule has 0 bridgehead atoms. The number of carbonyl (C=O) groups is 1. The van der Waals surface area contributed by atoms with E-state index in [0.717, 1.165) is 19.4 Å². The summed E-state index contributed by atoms with van der Waals surface area (Å²) in [6.07, 6.45) is 2.38. The standard InChI is InChI=1S/C15H22N2O3S/c1-2-12(17-15(18)14-9-6-10-16-14)11-21(19,20)13-7-4-3-5-8-13/h3-5,7-8,12,14,16H,2,6,9-11H2,1H3,(H,17,18)/t12-,14-/m0/s1. The lowest BCUT2D eigenvalue weighted by molar-refractivity contribution is -0.123. The van der Waals surface area contributed by atoms with E-state index in [-0.39, 0.29) is 23.7 Å². The minimum absolute atomic E-state index is 0.0635. The van der Waals surface area contributed by atoms with Gasteiger partial charge in [-0.25, -0.2) is 8.42 Å². The van der Waals surface area contributed by atoms with Crippen molar-refractivity contribution in [3.63, 3.8) is 0 Å². The van der Waals surface area contributed by atoms with Crippen molar-refractivity contribution >= 4 is 15.7 Å². The Bertz CT molecular complexity index is 566. The minimum Gasteiger partial charge on any atom is -0.351 e. The zero-order valence-electron chi connectivity index (χ0n) is 12.2. The highest BCUT2D eigenvalue weighted by Crippen LogP contribution is 2.13. The summed E-state index contributed by atoms with van der Waals surface area (Å²) < 4.78 is 24.7. The molecule has 5 nitrogen and oxygen atoms in total. The maximum absolute atomic E-state index is 12.3. The van der Waals surface area contributed by atoms with E-state index in [1.54, 1.807) is 30.3 Å². The number of carbonyl (C=O) groups excluding carboxylic acids is 1. The van der Waals surface area contributed by atoms with Crippen LogP contribution in [0.5, 0.6) is 0 Å². The molecule has 1 heterocycles. The molecular weight excluding hydrogens is 288 g/mol. The lowest BCUT2D eigenvalue weighted by Gasteiger charge is -2.19. The molecule has 0 aromatic heterocycles. The number of benzene rings is 1. The van der Waals surface area contributed by atoms with Gasteiger partial charge in [-0.15, -0.1) is 0 Å². The first-order chi connectivity index (χ1) is 10.0. The van der Waals surface area contributed by atoms with E-state index >= 15 is 0 Å². The summed E-state index contributed by atoms with van der Waals surface area (Å²) in [7, 11) is -3.38. The van der Waals surface area contributed by atoms with Crippen LogP contribution in [0, 0.1) is 0 Å². The molecule has 2 atom stereocenters. The van der Waals surface area contributed by atoms with E-state index in [2.05, 4.69) is 10.6 Å². The molecule has 2 rings (SSSR count). The Morgan fingerprint density at radius 3 is 2.67 bits per heavy atom. The molecule has 0 saturated carbocycles. The van der Waals surface area contributed by atoms with Gasteiger partial charge >= 0.3 is 0 Å². The number of hydrogen-bond acceptors (Lipinski definition) is 4. The zero-order valence-corrected chi connectivity index (χ0v) is 13.0. The van der Waals surface area contributed by atoms with E-state index in [4.69, 9.17) is 0 Å². The lowest BCUT2D eigenvalue weighted by atomic mass is 10.2. The molecule has 116 valence electrons. The average Bonchev–Trinajstić information content (AvgIpc) is 3.01. The van der Waals surface area contributed by atoms with Crippen LogP contribution in [0.1, 0.15) is 26.2 Å². The maximum Gasteiger partial charge on any atom is 0.237 e. The first kappa shape index (κ1) is 16.0. The van der Waals surface area contributed by atoms with Crippen LogP contribution in [-0.2, 0) is 14.6 Å². The normalized spacial score (nSPS) is 20.1. The fourth-order valence-electron chi connectivity index (χ4n) is 2.46. The van der Waals surface area contributed by atoms with E-state index in [0.29, 0.717) is 11.3 Å². The molecule has 0 unspecified atom stereocenters. The molecule has 1 fully saturated rings. The van der Waals surface area contributed by atoms with E-state index in [9.17, 15) is 13.2 Å². The van der Waals surface area contributed by atoms with Gasteiger partial charge in [0.15, 0.2) is 9.84 Å². The molecule has 6 heteroatoms. The molecule has 0 spiro atoms. The predicted octanol–water partition coefficient (Wildman–Crippen LogP) is 1.11. The molecular formula is C15H22N2O3S. The number of nitrogens with one attached hydrogen (secondary N) is 2. The topological polar surface area (TPSA) is 75.3 Å². The van der Waals surface area contributed by atoms with Crippen LogP contribution >= 0.6 is 0 Å². The molecule has 21 heavy (non-hydrogen) atoms. The second kappa shape index (κ2) is 7.04. The summed E-state index contributed by atoms with van der Waals surface area (Å²) in [6, 6.07) is 7.82. The fourth-order valence-corrected chi connectivity index (χ4v) is 4.07. The minimum atomic E-state index is -3.38. The molecule has 0 radical (unpaired) electrons. The molecule has 1 aromatic rings. The Hall–Kier alpha value is -1.40.